The minimum Gasteiger partial charge on any atom is -0.457 e. The van der Waals surface area contributed by atoms with Crippen LogP contribution in [0.5, 0.6) is 17.2 Å². The van der Waals surface area contributed by atoms with Crippen LogP contribution in [0.25, 0.3) is 6.08 Å². The summed E-state index contributed by atoms with van der Waals surface area (Å²) in [5.74, 6) is -0.180. The van der Waals surface area contributed by atoms with Gasteiger partial charge in [-0.05, 0) is 77.9 Å². The maximum absolute atomic E-state index is 13.0. The molecule has 2 heterocycles. The molecule has 3 aromatic carbocycles. The SMILES string of the molecule is O=C(NN=Cc1ccc(OC(=O)c2ccco2)cc1)C(=Cc1ccc2c(c1)OCO2)NC(=O)c1ccccc1. The third-order valence-corrected chi connectivity index (χ3v) is 5.43. The number of hydrogen-bond acceptors (Lipinski definition) is 8. The first kappa shape index (κ1) is 25.0. The van der Waals surface area contributed by atoms with E-state index in [0.717, 1.165) is 0 Å². The van der Waals surface area contributed by atoms with Gasteiger partial charge in [0.15, 0.2) is 11.5 Å². The Balaban J connectivity index is 1.27. The van der Waals surface area contributed by atoms with E-state index in [-0.39, 0.29) is 18.3 Å². The van der Waals surface area contributed by atoms with Crippen molar-refractivity contribution in [2.75, 3.05) is 6.79 Å². The summed E-state index contributed by atoms with van der Waals surface area (Å²) in [7, 11) is 0. The number of fused-ring (bicyclic) bond motifs is 1. The van der Waals surface area contributed by atoms with Crippen molar-refractivity contribution in [2.24, 2.45) is 5.10 Å². The zero-order chi connectivity index (χ0) is 27.0. The van der Waals surface area contributed by atoms with Gasteiger partial charge in [-0.15, -0.1) is 0 Å². The van der Waals surface area contributed by atoms with Crippen molar-refractivity contribution in [1.82, 2.24) is 10.7 Å². The lowest BCUT2D eigenvalue weighted by molar-refractivity contribution is -0.117. The second kappa shape index (κ2) is 11.6. The van der Waals surface area contributed by atoms with Gasteiger partial charge in [-0.25, -0.2) is 10.2 Å². The van der Waals surface area contributed by atoms with E-state index in [9.17, 15) is 14.4 Å². The Kier molecular flexibility index (Phi) is 7.45. The summed E-state index contributed by atoms with van der Waals surface area (Å²) in [6.45, 7) is 0.114. The van der Waals surface area contributed by atoms with Gasteiger partial charge < -0.3 is 23.9 Å². The molecule has 39 heavy (non-hydrogen) atoms. The molecular formula is C29H21N3O7. The van der Waals surface area contributed by atoms with Crippen LogP contribution >= 0.6 is 0 Å². The Bertz CT molecular complexity index is 1540. The molecular weight excluding hydrogens is 502 g/mol. The molecule has 2 amide bonds. The van der Waals surface area contributed by atoms with Crippen molar-refractivity contribution in [3.63, 3.8) is 0 Å². The van der Waals surface area contributed by atoms with E-state index in [1.807, 2.05) is 0 Å². The highest BCUT2D eigenvalue weighted by Crippen LogP contribution is 2.33. The third kappa shape index (κ3) is 6.38. The molecule has 10 nitrogen and oxygen atoms in total. The highest BCUT2D eigenvalue weighted by molar-refractivity contribution is 6.05. The predicted octanol–water partition coefficient (Wildman–Crippen LogP) is 4.15. The minimum absolute atomic E-state index is 0.0277. The monoisotopic (exact) mass is 523 g/mol. The van der Waals surface area contributed by atoms with Crippen LogP contribution in [-0.4, -0.2) is 30.8 Å². The Labute approximate surface area is 222 Å². The molecule has 0 atom stereocenters. The number of benzene rings is 3. The number of hydrogen-bond donors (Lipinski definition) is 2. The lowest BCUT2D eigenvalue weighted by Gasteiger charge is -2.09. The number of carbonyl (C=O) groups is 3. The molecule has 0 bridgehead atoms. The summed E-state index contributed by atoms with van der Waals surface area (Å²) in [6, 6.07) is 23.2. The molecule has 0 saturated heterocycles. The normalized spacial score (nSPS) is 12.3. The molecule has 0 aliphatic carbocycles. The fourth-order valence-corrected chi connectivity index (χ4v) is 3.51. The summed E-state index contributed by atoms with van der Waals surface area (Å²) in [5.41, 5.74) is 4.02. The van der Waals surface area contributed by atoms with Crippen LogP contribution in [0.4, 0.5) is 0 Å². The maximum atomic E-state index is 13.0. The van der Waals surface area contributed by atoms with Crippen molar-refractivity contribution < 1.29 is 33.0 Å². The molecule has 2 N–H and O–H groups in total. The van der Waals surface area contributed by atoms with Crippen LogP contribution in [0.15, 0.2) is 106 Å². The number of rotatable bonds is 8. The first-order valence-corrected chi connectivity index (χ1v) is 11.7. The van der Waals surface area contributed by atoms with E-state index in [0.29, 0.717) is 33.9 Å². The highest BCUT2D eigenvalue weighted by Gasteiger charge is 2.17. The third-order valence-electron chi connectivity index (χ3n) is 5.43. The molecule has 10 heteroatoms. The molecule has 1 aliphatic heterocycles. The first-order valence-electron chi connectivity index (χ1n) is 11.7. The van der Waals surface area contributed by atoms with Crippen molar-refractivity contribution >= 4 is 30.1 Å². The summed E-state index contributed by atoms with van der Waals surface area (Å²) in [5, 5.41) is 6.63. The lowest BCUT2D eigenvalue weighted by atomic mass is 10.1. The van der Waals surface area contributed by atoms with Crippen molar-refractivity contribution in [2.45, 2.75) is 0 Å². The van der Waals surface area contributed by atoms with E-state index in [4.69, 9.17) is 18.6 Å². The molecule has 0 unspecified atom stereocenters. The van der Waals surface area contributed by atoms with Crippen LogP contribution in [0.3, 0.4) is 0 Å². The van der Waals surface area contributed by atoms with Crippen LogP contribution in [-0.2, 0) is 4.79 Å². The summed E-state index contributed by atoms with van der Waals surface area (Å²) >= 11 is 0. The van der Waals surface area contributed by atoms with E-state index >= 15 is 0 Å². The Morgan fingerprint density at radius 3 is 2.38 bits per heavy atom. The molecule has 0 fully saturated rings. The van der Waals surface area contributed by atoms with Gasteiger partial charge in [-0.2, -0.15) is 5.10 Å². The number of esters is 1. The number of amides is 2. The van der Waals surface area contributed by atoms with E-state index in [2.05, 4.69) is 15.8 Å². The number of nitrogens with zero attached hydrogens (tertiary/aromatic N) is 1. The van der Waals surface area contributed by atoms with E-state index < -0.39 is 17.8 Å². The van der Waals surface area contributed by atoms with Gasteiger partial charge in [0.1, 0.15) is 11.4 Å². The fourth-order valence-electron chi connectivity index (χ4n) is 3.51. The number of nitrogens with one attached hydrogen (secondary N) is 2. The smallest absolute Gasteiger partial charge is 0.379 e. The second-order valence-corrected chi connectivity index (χ2v) is 8.13. The summed E-state index contributed by atoms with van der Waals surface area (Å²) < 4.78 is 21.0. The van der Waals surface area contributed by atoms with Gasteiger partial charge in [-0.3, -0.25) is 9.59 Å². The van der Waals surface area contributed by atoms with Crippen molar-refractivity contribution in [3.05, 3.63) is 119 Å². The predicted molar refractivity (Wildman–Crippen MR) is 140 cm³/mol. The quantitative estimate of drug-likeness (QED) is 0.117. The average Bonchev–Trinajstić information content (AvgIpc) is 3.66. The van der Waals surface area contributed by atoms with Crippen LogP contribution < -0.4 is 25.0 Å². The molecule has 4 aromatic rings. The Morgan fingerprint density at radius 2 is 1.62 bits per heavy atom. The second-order valence-electron chi connectivity index (χ2n) is 8.13. The molecule has 194 valence electrons. The fraction of sp³-hybridized carbons (Fsp3) is 0.0345. The molecule has 5 rings (SSSR count). The number of carbonyl (C=O) groups excluding carboxylic acids is 3. The van der Waals surface area contributed by atoms with Crippen molar-refractivity contribution in [3.8, 4) is 17.2 Å². The largest absolute Gasteiger partial charge is 0.457 e. The molecule has 1 aliphatic rings. The Hall–Kier alpha value is -5.64. The minimum atomic E-state index is -0.641. The zero-order valence-electron chi connectivity index (χ0n) is 20.3. The molecule has 1 aromatic heterocycles. The van der Waals surface area contributed by atoms with Gasteiger partial charge in [0.25, 0.3) is 11.8 Å². The zero-order valence-corrected chi connectivity index (χ0v) is 20.3. The number of ether oxygens (including phenoxy) is 3. The maximum Gasteiger partial charge on any atom is 0.379 e. The van der Waals surface area contributed by atoms with Gasteiger partial charge >= 0.3 is 5.97 Å². The summed E-state index contributed by atoms with van der Waals surface area (Å²) in [6.07, 6.45) is 4.30. The molecule has 0 radical (unpaired) electrons. The standard InChI is InChI=1S/C29H21N3O7/c33-27(21-5-2-1-3-6-21)31-23(15-20-10-13-24-26(16-20)38-18-37-24)28(34)32-30-17-19-8-11-22(12-9-19)39-29(35)25-7-4-14-36-25/h1-17H,18H2,(H,31,33)(H,32,34). The van der Waals surface area contributed by atoms with Crippen LogP contribution in [0, 0.1) is 0 Å². The summed E-state index contributed by atoms with van der Waals surface area (Å²) in [4.78, 5) is 37.7. The van der Waals surface area contributed by atoms with E-state index in [1.54, 1.807) is 78.9 Å². The topological polar surface area (TPSA) is 128 Å². The molecule has 0 spiro atoms. The average molecular weight is 524 g/mol. The number of furan rings is 1. The van der Waals surface area contributed by atoms with Gasteiger partial charge in [0, 0.05) is 5.56 Å². The number of hydrazone groups is 1. The van der Waals surface area contributed by atoms with Gasteiger partial charge in [0.05, 0.1) is 12.5 Å². The molecule has 0 saturated carbocycles. The Morgan fingerprint density at radius 1 is 0.846 bits per heavy atom. The van der Waals surface area contributed by atoms with Crippen LogP contribution in [0.1, 0.15) is 32.0 Å². The van der Waals surface area contributed by atoms with E-state index in [1.165, 1.54) is 24.6 Å². The van der Waals surface area contributed by atoms with Crippen LogP contribution in [0.2, 0.25) is 0 Å². The van der Waals surface area contributed by atoms with Crippen molar-refractivity contribution in [1.29, 1.82) is 0 Å². The van der Waals surface area contributed by atoms with Gasteiger partial charge in [-0.1, -0.05) is 24.3 Å². The highest BCUT2D eigenvalue weighted by atomic mass is 16.7. The lowest BCUT2D eigenvalue weighted by Crippen LogP contribution is -2.32. The first-order chi connectivity index (χ1) is 19.0. The van der Waals surface area contributed by atoms with Gasteiger partial charge in [0.2, 0.25) is 12.6 Å².